The summed E-state index contributed by atoms with van der Waals surface area (Å²) in [7, 11) is -3.79. The predicted octanol–water partition coefficient (Wildman–Crippen LogP) is 5.37. The number of nitrogens with one attached hydrogen (secondary N) is 2. The fraction of sp³-hybridized carbons (Fsp3) is 0.0833. The summed E-state index contributed by atoms with van der Waals surface area (Å²) in [6.45, 7) is 3.94. The fourth-order valence-electron chi connectivity index (χ4n) is 3.51. The highest BCUT2D eigenvalue weighted by atomic mass is 35.5. The molecule has 0 atom stereocenters. The number of carbonyl (C=O) groups excluding carboxylic acids is 1. The SMILES string of the molecule is Cc1cc(/C=N\NC(=O)c2ccccc2NS(=O)(=O)c2cccs2)c(C)n1-c1ccc(Cl)cc1. The highest BCUT2D eigenvalue weighted by Gasteiger charge is 2.19. The number of amides is 1. The van der Waals surface area contributed by atoms with Gasteiger partial charge < -0.3 is 4.57 Å². The van der Waals surface area contributed by atoms with Crippen molar-refractivity contribution in [3.63, 3.8) is 0 Å². The van der Waals surface area contributed by atoms with Crippen LogP contribution < -0.4 is 10.1 Å². The molecule has 0 saturated heterocycles. The number of hydrogen-bond donors (Lipinski definition) is 2. The second-order valence-electron chi connectivity index (χ2n) is 7.42. The molecule has 2 aromatic carbocycles. The summed E-state index contributed by atoms with van der Waals surface area (Å²) >= 11 is 7.09. The minimum atomic E-state index is -3.79. The van der Waals surface area contributed by atoms with Crippen LogP contribution in [0.25, 0.3) is 5.69 Å². The Morgan fingerprint density at radius 3 is 2.50 bits per heavy atom. The van der Waals surface area contributed by atoms with E-state index >= 15 is 0 Å². The maximum atomic E-state index is 12.8. The number of benzene rings is 2. The summed E-state index contributed by atoms with van der Waals surface area (Å²) in [6.07, 6.45) is 1.56. The van der Waals surface area contributed by atoms with E-state index in [0.717, 1.165) is 34.0 Å². The van der Waals surface area contributed by atoms with E-state index in [1.165, 1.54) is 18.2 Å². The summed E-state index contributed by atoms with van der Waals surface area (Å²) < 4.78 is 29.8. The van der Waals surface area contributed by atoms with Crippen LogP contribution >= 0.6 is 22.9 Å². The molecule has 0 saturated carbocycles. The van der Waals surface area contributed by atoms with Crippen molar-refractivity contribution in [2.75, 3.05) is 4.72 Å². The molecular formula is C24H21ClN4O3S2. The molecule has 0 fully saturated rings. The maximum absolute atomic E-state index is 12.8. The molecule has 2 aromatic heterocycles. The van der Waals surface area contributed by atoms with Crippen LogP contribution in [0.15, 0.2) is 81.4 Å². The summed E-state index contributed by atoms with van der Waals surface area (Å²) in [5.41, 5.74) is 6.56. The Balaban J connectivity index is 1.51. The molecule has 10 heteroatoms. The number of para-hydroxylation sites is 1. The summed E-state index contributed by atoms with van der Waals surface area (Å²) in [5.74, 6) is -0.535. The van der Waals surface area contributed by atoms with Crippen LogP contribution in [0.1, 0.15) is 27.3 Å². The van der Waals surface area contributed by atoms with Gasteiger partial charge in [0.05, 0.1) is 17.5 Å². The number of hydrazone groups is 1. The third kappa shape index (κ3) is 5.06. The van der Waals surface area contributed by atoms with Gasteiger partial charge in [-0.25, -0.2) is 13.8 Å². The smallest absolute Gasteiger partial charge is 0.273 e. The number of nitrogens with zero attached hydrogens (tertiary/aromatic N) is 2. The van der Waals surface area contributed by atoms with Crippen molar-refractivity contribution in [2.24, 2.45) is 5.10 Å². The summed E-state index contributed by atoms with van der Waals surface area (Å²) in [6, 6.07) is 19.0. The lowest BCUT2D eigenvalue weighted by Gasteiger charge is -2.10. The first-order chi connectivity index (χ1) is 16.3. The van der Waals surface area contributed by atoms with Crippen LogP contribution in [-0.4, -0.2) is 25.1 Å². The number of rotatable bonds is 7. The van der Waals surface area contributed by atoms with E-state index in [0.29, 0.717) is 5.02 Å². The lowest BCUT2D eigenvalue weighted by atomic mass is 10.2. The Labute approximate surface area is 206 Å². The van der Waals surface area contributed by atoms with Crippen molar-refractivity contribution in [1.29, 1.82) is 0 Å². The van der Waals surface area contributed by atoms with Gasteiger partial charge >= 0.3 is 0 Å². The second kappa shape index (κ2) is 9.84. The third-order valence-electron chi connectivity index (χ3n) is 5.10. The lowest BCUT2D eigenvalue weighted by molar-refractivity contribution is 0.0956. The van der Waals surface area contributed by atoms with E-state index in [1.807, 2.05) is 44.2 Å². The molecule has 34 heavy (non-hydrogen) atoms. The molecule has 0 aliphatic rings. The van der Waals surface area contributed by atoms with Crippen LogP contribution in [0.2, 0.25) is 5.02 Å². The van der Waals surface area contributed by atoms with Gasteiger partial charge in [-0.2, -0.15) is 5.10 Å². The number of halogens is 1. The van der Waals surface area contributed by atoms with Crippen LogP contribution in [0.5, 0.6) is 0 Å². The van der Waals surface area contributed by atoms with Gasteiger partial charge in [0, 0.05) is 27.7 Å². The largest absolute Gasteiger partial charge is 0.318 e. The third-order valence-corrected chi connectivity index (χ3v) is 8.12. The van der Waals surface area contributed by atoms with E-state index in [2.05, 4.69) is 19.8 Å². The normalized spacial score (nSPS) is 11.6. The van der Waals surface area contributed by atoms with E-state index in [4.69, 9.17) is 11.6 Å². The van der Waals surface area contributed by atoms with Crippen LogP contribution in [-0.2, 0) is 10.0 Å². The molecule has 2 N–H and O–H groups in total. The van der Waals surface area contributed by atoms with Gasteiger partial charge in [-0.05, 0) is 67.8 Å². The molecule has 0 radical (unpaired) electrons. The van der Waals surface area contributed by atoms with Gasteiger partial charge in [-0.1, -0.05) is 29.8 Å². The van der Waals surface area contributed by atoms with Crippen LogP contribution in [0, 0.1) is 13.8 Å². The molecule has 1 amide bonds. The molecule has 0 unspecified atom stereocenters. The second-order valence-corrected chi connectivity index (χ2v) is 10.7. The summed E-state index contributed by atoms with van der Waals surface area (Å²) in [4.78, 5) is 12.8. The Morgan fingerprint density at radius 1 is 1.06 bits per heavy atom. The Bertz CT molecular complexity index is 1460. The fourth-order valence-corrected chi connectivity index (χ4v) is 5.71. The van der Waals surface area contributed by atoms with Crippen molar-refractivity contribution >= 4 is 50.8 Å². The Morgan fingerprint density at radius 2 is 1.79 bits per heavy atom. The first-order valence-corrected chi connectivity index (χ1v) is 12.9. The number of hydrogen-bond acceptors (Lipinski definition) is 5. The highest BCUT2D eigenvalue weighted by Crippen LogP contribution is 2.23. The van der Waals surface area contributed by atoms with Gasteiger partial charge in [-0.15, -0.1) is 11.3 Å². The van der Waals surface area contributed by atoms with Gasteiger partial charge in [0.15, 0.2) is 0 Å². The first kappa shape index (κ1) is 23.7. The minimum Gasteiger partial charge on any atom is -0.318 e. The number of sulfonamides is 1. The Kier molecular flexibility index (Phi) is 6.87. The van der Waals surface area contributed by atoms with E-state index in [9.17, 15) is 13.2 Å². The molecule has 0 aliphatic carbocycles. The average Bonchev–Trinajstić information content (AvgIpc) is 3.44. The Hall–Kier alpha value is -3.40. The molecule has 2 heterocycles. The quantitative estimate of drug-likeness (QED) is 0.257. The number of aryl methyl sites for hydroxylation is 1. The van der Waals surface area contributed by atoms with Gasteiger partial charge in [0.2, 0.25) is 0 Å². The van der Waals surface area contributed by atoms with Gasteiger partial charge in [0.25, 0.3) is 15.9 Å². The van der Waals surface area contributed by atoms with E-state index < -0.39 is 15.9 Å². The maximum Gasteiger partial charge on any atom is 0.273 e. The zero-order valence-corrected chi connectivity index (χ0v) is 20.7. The van der Waals surface area contributed by atoms with Crippen molar-refractivity contribution in [2.45, 2.75) is 18.1 Å². The predicted molar refractivity (Wildman–Crippen MR) is 137 cm³/mol. The van der Waals surface area contributed by atoms with Crippen LogP contribution in [0.3, 0.4) is 0 Å². The molecule has 174 valence electrons. The number of anilines is 1. The van der Waals surface area contributed by atoms with E-state index in [-0.39, 0.29) is 15.5 Å². The molecule has 0 bridgehead atoms. The monoisotopic (exact) mass is 512 g/mol. The first-order valence-electron chi connectivity index (χ1n) is 10.2. The topological polar surface area (TPSA) is 92.6 Å². The average molecular weight is 513 g/mol. The molecule has 4 aromatic rings. The minimum absolute atomic E-state index is 0.159. The standard InChI is InChI=1S/C24H21ClN4O3S2/c1-16-14-18(17(2)29(16)20-11-9-19(25)10-12-20)15-26-27-24(30)21-6-3-4-7-22(21)28-34(31,32)23-8-5-13-33-23/h3-15,28H,1-2H3,(H,27,30)/b26-15-. The molecule has 4 rings (SSSR count). The molecule has 0 spiro atoms. The van der Waals surface area contributed by atoms with Gasteiger partial charge in [-0.3, -0.25) is 9.52 Å². The van der Waals surface area contributed by atoms with Crippen molar-refractivity contribution in [3.8, 4) is 5.69 Å². The van der Waals surface area contributed by atoms with Gasteiger partial charge in [0.1, 0.15) is 4.21 Å². The van der Waals surface area contributed by atoms with E-state index in [1.54, 1.807) is 29.8 Å². The zero-order chi connectivity index (χ0) is 24.3. The molecule has 7 nitrogen and oxygen atoms in total. The van der Waals surface area contributed by atoms with Crippen LogP contribution in [0.4, 0.5) is 5.69 Å². The number of carbonyl (C=O) groups is 1. The number of thiophene rings is 1. The lowest BCUT2D eigenvalue weighted by Crippen LogP contribution is -2.21. The van der Waals surface area contributed by atoms with Crippen molar-refractivity contribution in [1.82, 2.24) is 9.99 Å². The highest BCUT2D eigenvalue weighted by molar-refractivity contribution is 7.94. The molecule has 0 aliphatic heterocycles. The molecular weight excluding hydrogens is 492 g/mol. The van der Waals surface area contributed by atoms with Crippen molar-refractivity contribution < 1.29 is 13.2 Å². The number of aromatic nitrogens is 1. The summed E-state index contributed by atoms with van der Waals surface area (Å²) in [5, 5.41) is 6.43. The zero-order valence-electron chi connectivity index (χ0n) is 18.3. The van der Waals surface area contributed by atoms with Crippen molar-refractivity contribution in [3.05, 3.63) is 99.6 Å².